The molecule has 114 valence electrons. The number of hydrogen-bond acceptors (Lipinski definition) is 2. The second-order valence-electron chi connectivity index (χ2n) is 4.95. The van der Waals surface area contributed by atoms with Crippen LogP contribution < -0.4 is 11.1 Å². The molecule has 2 rings (SSSR count). The molecule has 0 atom stereocenters. The number of nitrogens with one attached hydrogen (secondary N) is 1. The lowest BCUT2D eigenvalue weighted by Crippen LogP contribution is -2.50. The molecule has 0 aromatic heterocycles. The lowest BCUT2D eigenvalue weighted by atomic mass is 9.68. The number of amides is 1. The van der Waals surface area contributed by atoms with Crippen LogP contribution in [0.5, 0.6) is 0 Å². The van der Waals surface area contributed by atoms with Gasteiger partial charge in [-0.05, 0) is 31.0 Å². The number of carbonyl (C=O) groups excluding carboxylic acids is 1. The monoisotopic (exact) mass is 320 g/mol. The predicted molar refractivity (Wildman–Crippen MR) is 73.1 cm³/mol. The first-order valence-corrected chi connectivity index (χ1v) is 6.56. The van der Waals surface area contributed by atoms with Crippen LogP contribution in [-0.4, -0.2) is 10.9 Å². The van der Waals surface area contributed by atoms with Crippen LogP contribution in [0.4, 0.5) is 23.2 Å². The zero-order chi connectivity index (χ0) is 15.8. The molecule has 0 heterocycles. The standard InChI is InChI=1S/C13H12F4N2OS/c14-9-3-2-7(6-8(9)13(15,16)17)19-11(20)12(10(18)21)4-1-5-12/h2-3,6H,1,4-5H2,(H2,18,21)(H,19,20). The SMILES string of the molecule is NC(=S)C1(C(=O)Nc2ccc(F)c(C(F)(F)F)c2)CCC1. The molecule has 1 aliphatic carbocycles. The van der Waals surface area contributed by atoms with Gasteiger partial charge in [0.1, 0.15) is 5.82 Å². The molecule has 1 saturated carbocycles. The molecule has 0 radical (unpaired) electrons. The zero-order valence-corrected chi connectivity index (χ0v) is 11.6. The number of thiocarbonyl (C=S) groups is 1. The second kappa shape index (κ2) is 5.25. The van der Waals surface area contributed by atoms with Gasteiger partial charge in [0.15, 0.2) is 0 Å². The van der Waals surface area contributed by atoms with Gasteiger partial charge in [-0.25, -0.2) is 4.39 Å². The Morgan fingerprint density at radius 2 is 1.95 bits per heavy atom. The van der Waals surface area contributed by atoms with Crippen LogP contribution in [0.15, 0.2) is 18.2 Å². The van der Waals surface area contributed by atoms with Crippen molar-refractivity contribution in [2.75, 3.05) is 5.32 Å². The fourth-order valence-corrected chi connectivity index (χ4v) is 2.48. The summed E-state index contributed by atoms with van der Waals surface area (Å²) < 4.78 is 51.0. The van der Waals surface area contributed by atoms with Crippen molar-refractivity contribution in [2.24, 2.45) is 11.1 Å². The quantitative estimate of drug-likeness (QED) is 0.664. The summed E-state index contributed by atoms with van der Waals surface area (Å²) in [7, 11) is 0. The Labute approximate surface area is 123 Å². The lowest BCUT2D eigenvalue weighted by Gasteiger charge is -2.39. The third-order valence-corrected chi connectivity index (χ3v) is 4.03. The number of nitrogens with two attached hydrogens (primary N) is 1. The molecule has 0 saturated heterocycles. The van der Waals surface area contributed by atoms with Gasteiger partial charge < -0.3 is 11.1 Å². The minimum Gasteiger partial charge on any atom is -0.392 e. The molecule has 1 aromatic carbocycles. The molecule has 21 heavy (non-hydrogen) atoms. The minimum absolute atomic E-state index is 0.0180. The predicted octanol–water partition coefficient (Wildman–Crippen LogP) is 3.24. The highest BCUT2D eigenvalue weighted by atomic mass is 32.1. The molecule has 1 aliphatic rings. The van der Waals surface area contributed by atoms with Gasteiger partial charge in [0.25, 0.3) is 0 Å². The summed E-state index contributed by atoms with van der Waals surface area (Å²) in [6, 6.07) is 2.28. The first-order chi connectivity index (χ1) is 9.67. The summed E-state index contributed by atoms with van der Waals surface area (Å²) >= 11 is 4.86. The van der Waals surface area contributed by atoms with E-state index in [1.165, 1.54) is 0 Å². The fourth-order valence-electron chi connectivity index (χ4n) is 2.19. The van der Waals surface area contributed by atoms with E-state index >= 15 is 0 Å². The summed E-state index contributed by atoms with van der Waals surface area (Å²) in [5, 5.41) is 2.33. The van der Waals surface area contributed by atoms with E-state index in [2.05, 4.69) is 5.32 Å². The van der Waals surface area contributed by atoms with E-state index in [9.17, 15) is 22.4 Å². The van der Waals surface area contributed by atoms with E-state index < -0.39 is 28.9 Å². The Balaban J connectivity index is 2.25. The van der Waals surface area contributed by atoms with E-state index in [0.717, 1.165) is 12.5 Å². The number of hydrogen-bond donors (Lipinski definition) is 2. The van der Waals surface area contributed by atoms with Crippen LogP contribution in [0, 0.1) is 11.2 Å². The Kier molecular flexibility index (Phi) is 3.92. The van der Waals surface area contributed by atoms with Gasteiger partial charge >= 0.3 is 6.18 Å². The van der Waals surface area contributed by atoms with Crippen molar-refractivity contribution in [1.29, 1.82) is 0 Å². The summed E-state index contributed by atoms with van der Waals surface area (Å²) in [6.45, 7) is 0. The molecule has 0 aliphatic heterocycles. The van der Waals surface area contributed by atoms with Gasteiger partial charge in [0.2, 0.25) is 5.91 Å². The summed E-state index contributed by atoms with van der Waals surface area (Å²) in [6.07, 6.45) is -3.15. The number of carbonyl (C=O) groups is 1. The molecule has 8 heteroatoms. The minimum atomic E-state index is -4.83. The Morgan fingerprint density at radius 1 is 1.33 bits per heavy atom. The van der Waals surface area contributed by atoms with Crippen molar-refractivity contribution in [3.8, 4) is 0 Å². The molecule has 1 fully saturated rings. The average Bonchev–Trinajstić information content (AvgIpc) is 2.28. The highest BCUT2D eigenvalue weighted by Gasteiger charge is 2.47. The average molecular weight is 320 g/mol. The van der Waals surface area contributed by atoms with Crippen molar-refractivity contribution in [2.45, 2.75) is 25.4 Å². The van der Waals surface area contributed by atoms with Gasteiger partial charge in [0, 0.05) is 5.69 Å². The number of halogens is 4. The van der Waals surface area contributed by atoms with E-state index in [4.69, 9.17) is 18.0 Å². The van der Waals surface area contributed by atoms with Crippen LogP contribution in [0.2, 0.25) is 0 Å². The van der Waals surface area contributed by atoms with Gasteiger partial charge in [-0.1, -0.05) is 18.6 Å². The maximum Gasteiger partial charge on any atom is 0.419 e. The molecule has 1 aromatic rings. The first kappa shape index (κ1) is 15.7. The highest BCUT2D eigenvalue weighted by molar-refractivity contribution is 7.80. The fraction of sp³-hybridized carbons (Fsp3) is 0.385. The maximum absolute atomic E-state index is 13.2. The summed E-state index contributed by atoms with van der Waals surface area (Å²) in [5.74, 6) is -1.95. The summed E-state index contributed by atoms with van der Waals surface area (Å²) in [4.78, 5) is 12.2. The Hall–Kier alpha value is -1.70. The van der Waals surface area contributed by atoms with Crippen LogP contribution in [0.1, 0.15) is 24.8 Å². The van der Waals surface area contributed by atoms with Crippen LogP contribution in [0.25, 0.3) is 0 Å². The van der Waals surface area contributed by atoms with Crippen molar-refractivity contribution in [3.63, 3.8) is 0 Å². The Bertz CT molecular complexity index is 596. The topological polar surface area (TPSA) is 55.1 Å². The highest BCUT2D eigenvalue weighted by Crippen LogP contribution is 2.42. The molecular weight excluding hydrogens is 308 g/mol. The molecule has 3 N–H and O–H groups in total. The van der Waals surface area contributed by atoms with Crippen LogP contribution >= 0.6 is 12.2 Å². The number of alkyl halides is 3. The molecular formula is C13H12F4N2OS. The molecule has 0 bridgehead atoms. The normalized spacial score (nSPS) is 17.0. The van der Waals surface area contributed by atoms with Gasteiger partial charge in [-0.2, -0.15) is 13.2 Å². The zero-order valence-electron chi connectivity index (χ0n) is 10.8. The largest absolute Gasteiger partial charge is 0.419 e. The second-order valence-corrected chi connectivity index (χ2v) is 5.39. The van der Waals surface area contributed by atoms with E-state index in [1.807, 2.05) is 0 Å². The number of rotatable bonds is 3. The smallest absolute Gasteiger partial charge is 0.392 e. The number of benzene rings is 1. The summed E-state index contributed by atoms with van der Waals surface area (Å²) in [5.41, 5.74) is 2.95. The third kappa shape index (κ3) is 2.85. The molecule has 0 spiro atoms. The Morgan fingerprint density at radius 3 is 2.38 bits per heavy atom. The van der Waals surface area contributed by atoms with Gasteiger partial charge in [-0.3, -0.25) is 4.79 Å². The lowest BCUT2D eigenvalue weighted by molar-refractivity contribution is -0.140. The van der Waals surface area contributed by atoms with Crippen molar-refractivity contribution < 1.29 is 22.4 Å². The van der Waals surface area contributed by atoms with E-state index in [0.29, 0.717) is 25.0 Å². The maximum atomic E-state index is 13.2. The molecule has 0 unspecified atom stereocenters. The molecule has 3 nitrogen and oxygen atoms in total. The molecule has 1 amide bonds. The van der Waals surface area contributed by atoms with Crippen molar-refractivity contribution in [1.82, 2.24) is 0 Å². The third-order valence-electron chi connectivity index (χ3n) is 3.64. The van der Waals surface area contributed by atoms with Crippen molar-refractivity contribution in [3.05, 3.63) is 29.6 Å². The first-order valence-electron chi connectivity index (χ1n) is 6.15. The van der Waals surface area contributed by atoms with E-state index in [-0.39, 0.29) is 10.7 Å². The van der Waals surface area contributed by atoms with Crippen LogP contribution in [-0.2, 0) is 11.0 Å². The van der Waals surface area contributed by atoms with E-state index in [1.54, 1.807) is 0 Å². The van der Waals surface area contributed by atoms with Crippen molar-refractivity contribution >= 4 is 28.8 Å². The van der Waals surface area contributed by atoms with Crippen LogP contribution in [0.3, 0.4) is 0 Å². The number of anilines is 1. The van der Waals surface area contributed by atoms with Gasteiger partial charge in [-0.15, -0.1) is 0 Å². The van der Waals surface area contributed by atoms with Gasteiger partial charge in [0.05, 0.1) is 16.0 Å².